The summed E-state index contributed by atoms with van der Waals surface area (Å²) in [7, 11) is 0. The van der Waals surface area contributed by atoms with Crippen molar-refractivity contribution in [1.29, 1.82) is 0 Å². The van der Waals surface area contributed by atoms with Gasteiger partial charge in [-0.25, -0.2) is 4.79 Å². The van der Waals surface area contributed by atoms with Crippen LogP contribution in [0.5, 0.6) is 11.8 Å². The number of aromatic amines is 1. The molecule has 1 aromatic heterocycles. The molecular weight excluding hydrogens is 637 g/mol. The molecule has 46 heavy (non-hydrogen) atoms. The Balaban J connectivity index is 1.22. The van der Waals surface area contributed by atoms with E-state index in [1.54, 1.807) is 12.1 Å². The lowest BCUT2D eigenvalue weighted by molar-refractivity contribution is -0.114. The second-order valence-corrected chi connectivity index (χ2v) is 11.5. The molecule has 1 heterocycles. The van der Waals surface area contributed by atoms with Crippen LogP contribution >= 0.6 is 23.2 Å². The zero-order chi connectivity index (χ0) is 33.0. The van der Waals surface area contributed by atoms with E-state index in [2.05, 4.69) is 15.3 Å². The van der Waals surface area contributed by atoms with Crippen molar-refractivity contribution in [2.24, 2.45) is 0 Å². The van der Waals surface area contributed by atoms with Gasteiger partial charge in [0.15, 0.2) is 0 Å². The van der Waals surface area contributed by atoms with Crippen LogP contribution < -0.4 is 10.1 Å². The Morgan fingerprint density at radius 2 is 1.46 bits per heavy atom. The summed E-state index contributed by atoms with van der Waals surface area (Å²) in [6.07, 6.45) is -6.16. The third-order valence-electron chi connectivity index (χ3n) is 7.42. The number of aliphatic hydroxyl groups excluding tert-OH is 5. The van der Waals surface area contributed by atoms with Gasteiger partial charge in [-0.15, -0.1) is 0 Å². The van der Waals surface area contributed by atoms with Crippen molar-refractivity contribution in [3.63, 3.8) is 0 Å². The van der Waals surface area contributed by atoms with Crippen molar-refractivity contribution in [2.75, 3.05) is 13.2 Å². The van der Waals surface area contributed by atoms with E-state index in [4.69, 9.17) is 33.0 Å². The molecule has 0 aliphatic carbocycles. The fourth-order valence-corrected chi connectivity index (χ4v) is 5.30. The topological polar surface area (TPSA) is 188 Å². The van der Waals surface area contributed by atoms with E-state index in [-0.39, 0.29) is 28.9 Å². The van der Waals surface area contributed by atoms with Crippen LogP contribution in [0, 0.1) is 0 Å². The van der Waals surface area contributed by atoms with Crippen molar-refractivity contribution >= 4 is 40.2 Å². The van der Waals surface area contributed by atoms with Crippen molar-refractivity contribution in [3.05, 3.63) is 100 Å². The average molecular weight is 669 g/mol. The minimum atomic E-state index is -1.66. The third kappa shape index (κ3) is 7.66. The van der Waals surface area contributed by atoms with Gasteiger partial charge < -0.3 is 45.7 Å². The molecule has 4 unspecified atom stereocenters. The molecule has 0 aliphatic heterocycles. The Labute approximate surface area is 273 Å². The maximum atomic E-state index is 11.4. The Morgan fingerprint density at radius 3 is 2.11 bits per heavy atom. The Morgan fingerprint density at radius 1 is 0.826 bits per heavy atom. The van der Waals surface area contributed by atoms with Gasteiger partial charge in [0.2, 0.25) is 0 Å². The van der Waals surface area contributed by atoms with Crippen LogP contribution in [0.3, 0.4) is 0 Å². The number of nitrogens with zero attached hydrogens (tertiary/aromatic N) is 1. The summed E-state index contributed by atoms with van der Waals surface area (Å²) in [4.78, 5) is 18.9. The summed E-state index contributed by atoms with van der Waals surface area (Å²) in [5.41, 5.74) is 5.71. The summed E-state index contributed by atoms with van der Waals surface area (Å²) in [6, 6.07) is 23.7. The van der Waals surface area contributed by atoms with E-state index in [0.29, 0.717) is 22.6 Å². The maximum absolute atomic E-state index is 11.4. The van der Waals surface area contributed by atoms with E-state index < -0.39 is 37.0 Å². The number of carbonyl (C=O) groups is 1. The number of halogens is 2. The minimum Gasteiger partial charge on any atom is -0.478 e. The number of nitrogens with one attached hydrogen (secondary N) is 2. The van der Waals surface area contributed by atoms with E-state index in [0.717, 1.165) is 27.8 Å². The second-order valence-electron chi connectivity index (χ2n) is 10.6. The number of aromatic nitrogens is 2. The van der Waals surface area contributed by atoms with Gasteiger partial charge in [-0.1, -0.05) is 71.7 Å². The van der Waals surface area contributed by atoms with Crippen LogP contribution in [0.15, 0.2) is 78.9 Å². The summed E-state index contributed by atoms with van der Waals surface area (Å²) in [6.45, 7) is -0.367. The Kier molecular flexibility index (Phi) is 10.6. The number of imidazole rings is 1. The molecule has 5 aromatic rings. The van der Waals surface area contributed by atoms with Gasteiger partial charge in [-0.05, 0) is 52.6 Å². The highest BCUT2D eigenvalue weighted by atomic mass is 35.5. The van der Waals surface area contributed by atoms with Gasteiger partial charge in [0.25, 0.3) is 6.01 Å². The molecule has 11 nitrogen and oxygen atoms in total. The molecule has 0 saturated carbocycles. The molecule has 240 valence electrons. The van der Waals surface area contributed by atoms with Crippen LogP contribution in [-0.2, 0) is 6.54 Å². The van der Waals surface area contributed by atoms with Gasteiger partial charge in [-0.2, -0.15) is 4.98 Å². The van der Waals surface area contributed by atoms with Crippen LogP contribution in [0.2, 0.25) is 10.0 Å². The number of ether oxygens (including phenoxy) is 1. The number of hydrogen-bond donors (Lipinski definition) is 8. The van der Waals surface area contributed by atoms with Crippen LogP contribution in [0.25, 0.3) is 33.3 Å². The number of aromatic carboxylic acids is 1. The van der Waals surface area contributed by atoms with E-state index in [9.17, 15) is 30.3 Å². The summed E-state index contributed by atoms with van der Waals surface area (Å²) < 4.78 is 5.75. The van der Waals surface area contributed by atoms with Gasteiger partial charge >= 0.3 is 5.97 Å². The first kappa shape index (κ1) is 33.3. The lowest BCUT2D eigenvalue weighted by atomic mass is 9.99. The third-order valence-corrected chi connectivity index (χ3v) is 8.07. The average Bonchev–Trinajstić information content (AvgIpc) is 3.45. The predicted octanol–water partition coefficient (Wildman–Crippen LogP) is 4.22. The smallest absolute Gasteiger partial charge is 0.337 e. The largest absolute Gasteiger partial charge is 0.478 e. The van der Waals surface area contributed by atoms with E-state index in [1.807, 2.05) is 54.6 Å². The van der Waals surface area contributed by atoms with Crippen LogP contribution in [0.4, 0.5) is 0 Å². The molecule has 0 spiro atoms. The number of carboxylic acid groups (broad SMARTS) is 1. The first-order chi connectivity index (χ1) is 22.0. The standard InChI is InChI=1S/C33H31Cl2N3O8/c34-24-10-9-21(11-23(24)32(44)45)46-33-37-26-12-22(25(35)13-27(26)38-33)20-7-5-19(6-8-20)18-3-1-17(2-4-18)14-36-15-28(40)30(42)31(43)29(41)16-39/h1-13,28-31,36,39-43H,14-16H2,(H,37,38)(H,44,45). The second kappa shape index (κ2) is 14.6. The van der Waals surface area contributed by atoms with Gasteiger partial charge in [0, 0.05) is 18.7 Å². The Bertz CT molecular complexity index is 1820. The highest BCUT2D eigenvalue weighted by molar-refractivity contribution is 6.34. The SMILES string of the molecule is O=C(O)c1cc(Oc2nc3cc(-c4ccc(-c5ccc(CNCC(O)C(O)C(O)C(O)CO)cc5)cc4)c(Cl)cc3[nH]2)ccc1Cl. The molecule has 4 atom stereocenters. The van der Waals surface area contributed by atoms with Crippen molar-refractivity contribution in [2.45, 2.75) is 31.0 Å². The van der Waals surface area contributed by atoms with Crippen molar-refractivity contribution in [1.82, 2.24) is 15.3 Å². The lowest BCUT2D eigenvalue weighted by Gasteiger charge is -2.25. The number of hydrogen-bond acceptors (Lipinski definition) is 9. The van der Waals surface area contributed by atoms with Crippen molar-refractivity contribution < 1.29 is 40.2 Å². The lowest BCUT2D eigenvalue weighted by Crippen LogP contribution is -2.48. The molecule has 13 heteroatoms. The van der Waals surface area contributed by atoms with Gasteiger partial charge in [-0.3, -0.25) is 0 Å². The molecule has 0 aliphatic rings. The highest BCUT2D eigenvalue weighted by Crippen LogP contribution is 2.34. The molecule has 0 radical (unpaired) electrons. The van der Waals surface area contributed by atoms with Crippen LogP contribution in [-0.4, -0.2) is 84.1 Å². The molecule has 0 fully saturated rings. The van der Waals surface area contributed by atoms with Crippen LogP contribution in [0.1, 0.15) is 15.9 Å². The predicted molar refractivity (Wildman–Crippen MR) is 173 cm³/mol. The van der Waals surface area contributed by atoms with Gasteiger partial charge in [0.05, 0.1) is 39.4 Å². The number of aliphatic hydroxyl groups is 5. The zero-order valence-electron chi connectivity index (χ0n) is 24.1. The molecular formula is C33H31Cl2N3O8. The number of H-pyrrole nitrogens is 1. The number of carboxylic acids is 1. The molecule has 0 bridgehead atoms. The summed E-state index contributed by atoms with van der Waals surface area (Å²) >= 11 is 12.6. The number of fused-ring (bicyclic) bond motifs is 1. The quantitative estimate of drug-likeness (QED) is 0.0903. The monoisotopic (exact) mass is 667 g/mol. The molecule has 8 N–H and O–H groups in total. The molecule has 0 amide bonds. The molecule has 5 rings (SSSR count). The maximum Gasteiger partial charge on any atom is 0.337 e. The first-order valence-corrected chi connectivity index (χ1v) is 14.9. The fraction of sp³-hybridized carbons (Fsp3) is 0.212. The normalized spacial score (nSPS) is 14.2. The van der Waals surface area contributed by atoms with Gasteiger partial charge in [0.1, 0.15) is 24.1 Å². The van der Waals surface area contributed by atoms with Crippen molar-refractivity contribution in [3.8, 4) is 34.0 Å². The highest BCUT2D eigenvalue weighted by Gasteiger charge is 2.29. The summed E-state index contributed by atoms with van der Waals surface area (Å²) in [5, 5.41) is 61.0. The van der Waals surface area contributed by atoms with E-state index in [1.165, 1.54) is 12.1 Å². The minimum absolute atomic E-state index is 0.0312. The summed E-state index contributed by atoms with van der Waals surface area (Å²) in [5.74, 6) is -0.905. The van der Waals surface area contributed by atoms with E-state index >= 15 is 0 Å². The zero-order valence-corrected chi connectivity index (χ0v) is 25.7. The number of benzene rings is 4. The number of rotatable bonds is 13. The first-order valence-electron chi connectivity index (χ1n) is 14.2. The molecule has 0 saturated heterocycles. The fourth-order valence-electron chi connectivity index (χ4n) is 4.83. The molecule has 4 aromatic carbocycles. The Hall–Kier alpha value is -4.04.